The van der Waals surface area contributed by atoms with Crippen LogP contribution in [0.25, 0.3) is 11.0 Å². The van der Waals surface area contributed by atoms with Gasteiger partial charge in [-0.3, -0.25) is 4.90 Å². The van der Waals surface area contributed by atoms with E-state index in [4.69, 9.17) is 9.26 Å². The first-order valence-electron chi connectivity index (χ1n) is 7.24. The van der Waals surface area contributed by atoms with E-state index in [0.29, 0.717) is 23.6 Å². The Morgan fingerprint density at radius 1 is 1.23 bits per heavy atom. The second-order valence-corrected chi connectivity index (χ2v) is 5.56. The summed E-state index contributed by atoms with van der Waals surface area (Å²) in [6.07, 6.45) is 0. The smallest absolute Gasteiger partial charge is 0.170 e. The molecule has 5 heteroatoms. The van der Waals surface area contributed by atoms with Crippen LogP contribution < -0.4 is 4.74 Å². The van der Waals surface area contributed by atoms with E-state index in [1.165, 1.54) is 12.1 Å². The van der Waals surface area contributed by atoms with Gasteiger partial charge in [-0.15, -0.1) is 0 Å². The van der Waals surface area contributed by atoms with Crippen LogP contribution in [0.15, 0.2) is 40.9 Å². The highest BCUT2D eigenvalue weighted by Crippen LogP contribution is 2.31. The van der Waals surface area contributed by atoms with Crippen LogP contribution in [0.2, 0.25) is 0 Å². The molecule has 0 saturated carbocycles. The fourth-order valence-corrected chi connectivity index (χ4v) is 2.48. The lowest BCUT2D eigenvalue weighted by Gasteiger charge is -2.11. The number of fused-ring (bicyclic) bond motifs is 1. The number of aromatic nitrogens is 1. The van der Waals surface area contributed by atoms with E-state index in [9.17, 15) is 4.39 Å². The van der Waals surface area contributed by atoms with Crippen LogP contribution in [-0.2, 0) is 6.54 Å². The third-order valence-electron chi connectivity index (χ3n) is 3.81. The normalized spacial score (nSPS) is 14.5. The van der Waals surface area contributed by atoms with Crippen molar-refractivity contribution in [3.05, 3.63) is 53.5 Å². The zero-order chi connectivity index (χ0) is 15.1. The quantitative estimate of drug-likeness (QED) is 0.685. The van der Waals surface area contributed by atoms with E-state index in [0.717, 1.165) is 29.7 Å². The van der Waals surface area contributed by atoms with Crippen molar-refractivity contribution in [1.29, 1.82) is 0 Å². The zero-order valence-corrected chi connectivity index (χ0v) is 12.2. The Morgan fingerprint density at radius 2 is 2.09 bits per heavy atom. The minimum absolute atomic E-state index is 0.245. The number of halogens is 1. The Bertz CT molecular complexity index is 840. The summed E-state index contributed by atoms with van der Waals surface area (Å²) in [4.78, 5) is 2.21. The van der Waals surface area contributed by atoms with Crippen molar-refractivity contribution in [2.75, 3.05) is 13.1 Å². The van der Waals surface area contributed by atoms with Gasteiger partial charge in [0.2, 0.25) is 0 Å². The lowest BCUT2D eigenvalue weighted by atomic mass is 10.2. The number of hydrogen-bond acceptors (Lipinski definition) is 4. The average molecular weight is 298 g/mol. The summed E-state index contributed by atoms with van der Waals surface area (Å²) in [5, 5.41) is 4.90. The summed E-state index contributed by atoms with van der Waals surface area (Å²) < 4.78 is 24.7. The van der Waals surface area contributed by atoms with Crippen LogP contribution in [0, 0.1) is 12.7 Å². The Labute approximate surface area is 127 Å². The molecule has 0 unspecified atom stereocenters. The molecule has 0 aliphatic carbocycles. The van der Waals surface area contributed by atoms with Gasteiger partial charge < -0.3 is 9.26 Å². The maximum atomic E-state index is 13.5. The van der Waals surface area contributed by atoms with Crippen LogP contribution in [0.5, 0.6) is 11.5 Å². The Morgan fingerprint density at radius 3 is 2.91 bits per heavy atom. The van der Waals surface area contributed by atoms with E-state index < -0.39 is 0 Å². The fraction of sp³-hybridized carbons (Fsp3) is 0.235. The maximum Gasteiger partial charge on any atom is 0.170 e. The summed E-state index contributed by atoms with van der Waals surface area (Å²) in [6, 6.07) is 10.2. The van der Waals surface area contributed by atoms with Gasteiger partial charge in [0.1, 0.15) is 17.3 Å². The number of aryl methyl sites for hydroxylation is 1. The third kappa shape index (κ3) is 2.55. The molecule has 0 bridgehead atoms. The monoisotopic (exact) mass is 298 g/mol. The van der Waals surface area contributed by atoms with Gasteiger partial charge in [0.25, 0.3) is 0 Å². The molecule has 1 fully saturated rings. The molecule has 0 atom stereocenters. The largest absolute Gasteiger partial charge is 0.457 e. The van der Waals surface area contributed by atoms with Gasteiger partial charge in [-0.05, 0) is 37.3 Å². The molecular weight excluding hydrogens is 283 g/mol. The van der Waals surface area contributed by atoms with Crippen molar-refractivity contribution >= 4 is 11.0 Å². The van der Waals surface area contributed by atoms with Gasteiger partial charge in [0.15, 0.2) is 5.58 Å². The van der Waals surface area contributed by atoms with Crippen molar-refractivity contribution in [3.8, 4) is 11.5 Å². The molecule has 1 aliphatic heterocycles. The molecular formula is C17H15FN2O2. The predicted molar refractivity (Wildman–Crippen MR) is 80.5 cm³/mol. The summed E-state index contributed by atoms with van der Waals surface area (Å²) in [5.74, 6) is 1.08. The zero-order valence-electron chi connectivity index (χ0n) is 12.2. The summed E-state index contributed by atoms with van der Waals surface area (Å²) >= 11 is 0. The fourth-order valence-electron chi connectivity index (χ4n) is 2.48. The van der Waals surface area contributed by atoms with Crippen molar-refractivity contribution in [3.63, 3.8) is 0 Å². The first-order chi connectivity index (χ1) is 10.7. The summed E-state index contributed by atoms with van der Waals surface area (Å²) in [7, 11) is 0. The molecule has 4 rings (SSSR count). The molecule has 3 aromatic rings. The molecule has 2 heterocycles. The number of ether oxygens (including phenoxy) is 1. The molecule has 0 radical (unpaired) electrons. The molecule has 1 saturated heterocycles. The van der Waals surface area contributed by atoms with Crippen molar-refractivity contribution in [2.24, 2.45) is 0 Å². The number of nitrogens with zero attached hydrogens (tertiary/aromatic N) is 2. The first kappa shape index (κ1) is 13.3. The molecule has 0 amide bonds. The van der Waals surface area contributed by atoms with Gasteiger partial charge in [-0.1, -0.05) is 5.16 Å². The molecule has 0 spiro atoms. The Balaban J connectivity index is 1.66. The average Bonchev–Trinajstić information content (AvgIpc) is 3.25. The molecule has 0 N–H and O–H groups in total. The van der Waals surface area contributed by atoms with Crippen LogP contribution in [0.1, 0.15) is 11.3 Å². The third-order valence-corrected chi connectivity index (χ3v) is 3.81. The minimum atomic E-state index is -0.245. The van der Waals surface area contributed by atoms with Crippen molar-refractivity contribution < 1.29 is 13.7 Å². The Kier molecular flexibility index (Phi) is 3.08. The van der Waals surface area contributed by atoms with Gasteiger partial charge in [-0.2, -0.15) is 0 Å². The predicted octanol–water partition coefficient (Wildman–Crippen LogP) is 3.88. The van der Waals surface area contributed by atoms with Crippen LogP contribution >= 0.6 is 0 Å². The van der Waals surface area contributed by atoms with Crippen molar-refractivity contribution in [1.82, 2.24) is 10.1 Å². The molecule has 1 aliphatic rings. The summed E-state index contributed by atoms with van der Waals surface area (Å²) in [5.41, 5.74) is 2.39. The molecule has 1 aromatic heterocycles. The van der Waals surface area contributed by atoms with E-state index in [1.54, 1.807) is 12.1 Å². The summed E-state index contributed by atoms with van der Waals surface area (Å²) in [6.45, 7) is 4.71. The van der Waals surface area contributed by atoms with Crippen molar-refractivity contribution in [2.45, 2.75) is 13.5 Å². The standard InChI is InChI=1S/C17H15FN2O2/c1-11-15-4-3-14(9-17(15)22-19-11)21-16-5-2-13(18)8-12(16)10-20-6-7-20/h2-5,8-9H,6-7,10H2,1H3. The van der Waals surface area contributed by atoms with Crippen LogP contribution in [0.3, 0.4) is 0 Å². The second-order valence-electron chi connectivity index (χ2n) is 5.56. The van der Waals surface area contributed by atoms with Crippen LogP contribution in [-0.4, -0.2) is 23.1 Å². The highest BCUT2D eigenvalue weighted by atomic mass is 19.1. The minimum Gasteiger partial charge on any atom is -0.457 e. The number of hydrogen-bond donors (Lipinski definition) is 0. The highest BCUT2D eigenvalue weighted by Gasteiger charge is 2.20. The van der Waals surface area contributed by atoms with E-state index >= 15 is 0 Å². The SMILES string of the molecule is Cc1noc2cc(Oc3ccc(F)cc3CN3CC3)ccc12. The van der Waals surface area contributed by atoms with E-state index in [2.05, 4.69) is 10.1 Å². The second kappa shape index (κ2) is 5.10. The number of rotatable bonds is 4. The van der Waals surface area contributed by atoms with E-state index in [1.807, 2.05) is 19.1 Å². The first-order valence-corrected chi connectivity index (χ1v) is 7.24. The molecule has 2 aromatic carbocycles. The topological polar surface area (TPSA) is 38.3 Å². The lowest BCUT2D eigenvalue weighted by molar-refractivity contribution is 0.442. The molecule has 22 heavy (non-hydrogen) atoms. The molecule has 4 nitrogen and oxygen atoms in total. The maximum absolute atomic E-state index is 13.5. The number of benzene rings is 2. The van der Waals surface area contributed by atoms with Gasteiger partial charge >= 0.3 is 0 Å². The van der Waals surface area contributed by atoms with Gasteiger partial charge in [0.05, 0.1) is 5.69 Å². The molecule has 112 valence electrons. The highest BCUT2D eigenvalue weighted by molar-refractivity contribution is 5.80. The van der Waals surface area contributed by atoms with Crippen LogP contribution in [0.4, 0.5) is 4.39 Å². The van der Waals surface area contributed by atoms with E-state index in [-0.39, 0.29) is 5.82 Å². The Hall–Kier alpha value is -2.40. The lowest BCUT2D eigenvalue weighted by Crippen LogP contribution is -2.00. The van der Waals surface area contributed by atoms with Gasteiger partial charge in [0, 0.05) is 36.7 Å². The van der Waals surface area contributed by atoms with Gasteiger partial charge in [-0.25, -0.2) is 4.39 Å².